The van der Waals surface area contributed by atoms with Crippen molar-refractivity contribution in [2.75, 3.05) is 85.5 Å². The van der Waals surface area contributed by atoms with Crippen molar-refractivity contribution >= 4 is 82.7 Å². The molecule has 33 heteroatoms. The molecule has 0 aliphatic carbocycles. The number of ether oxygens (including phenoxy) is 6. The number of likely N-dealkylation sites (N-methyl/N-ethyl adjacent to an activating group) is 3. The predicted octanol–water partition coefficient (Wildman–Crippen LogP) is 9.12. The van der Waals surface area contributed by atoms with Gasteiger partial charge in [-0.05, 0) is 144 Å². The highest BCUT2D eigenvalue weighted by Gasteiger charge is 2.39. The third kappa shape index (κ3) is 35.1. The van der Waals surface area contributed by atoms with Crippen LogP contribution in [0.15, 0.2) is 53.9 Å². The van der Waals surface area contributed by atoms with Crippen LogP contribution in [0, 0.1) is 29.1 Å². The number of aliphatic carboxylic acids is 1. The first-order valence-corrected chi connectivity index (χ1v) is 40.9. The summed E-state index contributed by atoms with van der Waals surface area (Å²) in [4.78, 5) is 158. The summed E-state index contributed by atoms with van der Waals surface area (Å²) in [5, 5.41) is 41.4. The van der Waals surface area contributed by atoms with Crippen LogP contribution in [0.2, 0.25) is 0 Å². The summed E-state index contributed by atoms with van der Waals surface area (Å²) < 4.78 is 34.7. The number of aliphatic hydroxyl groups excluding tert-OH is 1. The number of rotatable bonds is 49. The molecule has 0 bridgehead atoms. The number of piperidine rings is 1. The highest BCUT2D eigenvalue weighted by Crippen LogP contribution is 2.33. The molecule has 1 fully saturated rings. The molecule has 32 nitrogen and oxygen atoms in total. The minimum absolute atomic E-state index is 0.0164. The quantitative estimate of drug-likeness (QED) is 0.0186. The Balaban J connectivity index is 1.31. The number of anilines is 1. The van der Waals surface area contributed by atoms with Crippen LogP contribution in [0.1, 0.15) is 207 Å². The highest BCUT2D eigenvalue weighted by molar-refractivity contribution is 7.09. The van der Waals surface area contributed by atoms with E-state index in [0.717, 1.165) is 25.8 Å². The number of aromatic nitrogens is 1. The van der Waals surface area contributed by atoms with Crippen molar-refractivity contribution in [2.24, 2.45) is 34.8 Å². The van der Waals surface area contributed by atoms with Gasteiger partial charge in [0.15, 0.2) is 6.29 Å². The number of amides is 11. The summed E-state index contributed by atoms with van der Waals surface area (Å²) in [7, 11) is 4.95. The van der Waals surface area contributed by atoms with E-state index >= 15 is 0 Å². The first kappa shape index (κ1) is 97.6. The Morgan fingerprint density at radius 3 is 2.00 bits per heavy atom. The lowest BCUT2D eigenvalue weighted by molar-refractivity contribution is -0.213. The number of nitrogens with two attached hydrogens (primary N) is 1. The lowest BCUT2D eigenvalue weighted by atomic mass is 9.89. The smallest absolute Gasteiger partial charge is 0.415 e. The lowest BCUT2D eigenvalue weighted by Crippen LogP contribution is -2.58. The molecule has 0 spiro atoms. The zero-order valence-electron chi connectivity index (χ0n) is 70.1. The van der Waals surface area contributed by atoms with Gasteiger partial charge in [-0.1, -0.05) is 120 Å². The number of likely N-dealkylation sites (tertiary alicyclic amines) is 1. The number of aliphatic hydroxyl groups is 1. The Morgan fingerprint density at radius 1 is 0.746 bits per heavy atom. The monoisotopic (exact) mass is 1620 g/mol. The van der Waals surface area contributed by atoms with Gasteiger partial charge in [0.25, 0.3) is 5.91 Å². The minimum atomic E-state index is -1.15. The number of nitrogens with one attached hydrogen (secondary N) is 7. The Bertz CT molecular complexity index is 3510. The van der Waals surface area contributed by atoms with Gasteiger partial charge < -0.3 is 96.3 Å². The number of hydrogen-bond donors (Lipinski definition) is 10. The lowest BCUT2D eigenvalue weighted by Gasteiger charge is -2.40. The Morgan fingerprint density at radius 2 is 1.41 bits per heavy atom. The number of carboxylic acids is 1. The first-order valence-electron chi connectivity index (χ1n) is 40.0. The van der Waals surface area contributed by atoms with Crippen molar-refractivity contribution in [3.8, 4) is 5.75 Å². The second kappa shape index (κ2) is 49.9. The third-order valence-electron chi connectivity index (χ3n) is 19.4. The molecule has 1 aliphatic heterocycles. The zero-order chi connectivity index (χ0) is 84.9. The molecular weight excluding hydrogens is 1490 g/mol. The van der Waals surface area contributed by atoms with E-state index in [4.69, 9.17) is 39.1 Å². The van der Waals surface area contributed by atoms with Crippen molar-refractivity contribution in [3.63, 3.8) is 0 Å². The fourth-order valence-electron chi connectivity index (χ4n) is 12.8. The van der Waals surface area contributed by atoms with Gasteiger partial charge in [0.05, 0.1) is 30.8 Å². The second-order valence-electron chi connectivity index (χ2n) is 31.7. The molecule has 0 saturated carbocycles. The molecule has 11 atom stereocenters. The van der Waals surface area contributed by atoms with E-state index in [2.05, 4.69) is 56.0 Å². The van der Waals surface area contributed by atoms with Crippen LogP contribution >= 0.6 is 11.3 Å². The van der Waals surface area contributed by atoms with Crippen LogP contribution in [0.25, 0.3) is 0 Å². The van der Waals surface area contributed by atoms with Gasteiger partial charge in [0, 0.05) is 89.4 Å². The normalized spacial score (nSPS) is 15.8. The van der Waals surface area contributed by atoms with E-state index in [9.17, 15) is 63.0 Å². The summed E-state index contributed by atoms with van der Waals surface area (Å²) in [5.74, 6) is -4.88. The molecule has 2 aromatic carbocycles. The van der Waals surface area contributed by atoms with Crippen LogP contribution in [-0.4, -0.2) is 236 Å². The van der Waals surface area contributed by atoms with Crippen molar-refractivity contribution in [1.29, 1.82) is 0 Å². The van der Waals surface area contributed by atoms with Gasteiger partial charge in [0.2, 0.25) is 29.5 Å². The standard InChI is InChI=1S/C81H131N13O19S/c1-18-37-94(75(101)69(53(10)20-3)90-72(99)63-25-21-22-38-91(63)15)64(50(4)5)44-65(108-41-19-2)74-88-62(49-114-74)71(98)86-58(42-54(11)76(102)103)43-55-28-32-59(33-29-55)113-80(107)93(17)40-39-92(16)79(106)110-47-56-26-30-57(31-27-56)85-70(97)61(24-23-35-83-77(82)104)87-73(100)68(51(6)7)89-66(96)34-36-84-78(105)109-48-67(111-52(8)9)112-60(46-95)45-81(12,13)14/h26-33,49-54,58,60-61,63-65,67-69,95H,18-25,34-48H2,1-17H3,(H,84,105)(H,85,97)(H,86,98)(H,87,100)(H,89,96)(H,90,99)(H,102,103)(H3,82,83,104). The topological polar surface area (TPSA) is 420 Å². The fraction of sp³-hybridized carbons (Fsp3) is 0.679. The maximum Gasteiger partial charge on any atom is 0.415 e. The Kier molecular flexibility index (Phi) is 42.7. The number of alkyl carbamates (subject to hydrolysis) is 1. The molecule has 3 aromatic rings. The number of thiazole rings is 1. The number of benzene rings is 2. The first-order chi connectivity index (χ1) is 53.9. The Labute approximate surface area is 677 Å². The predicted molar refractivity (Wildman–Crippen MR) is 433 cm³/mol. The van der Waals surface area contributed by atoms with Crippen LogP contribution in [0.5, 0.6) is 5.75 Å². The van der Waals surface area contributed by atoms with E-state index in [0.29, 0.717) is 67.1 Å². The molecule has 11 unspecified atom stereocenters. The molecule has 2 heterocycles. The molecule has 11 amide bonds. The van der Waals surface area contributed by atoms with Crippen molar-refractivity contribution in [1.82, 2.24) is 56.5 Å². The van der Waals surface area contributed by atoms with E-state index in [1.165, 1.54) is 35.2 Å². The third-order valence-corrected chi connectivity index (χ3v) is 20.3. The average molecular weight is 1620 g/mol. The summed E-state index contributed by atoms with van der Waals surface area (Å²) >= 11 is 1.27. The van der Waals surface area contributed by atoms with E-state index < -0.39 is 108 Å². The van der Waals surface area contributed by atoms with Crippen LogP contribution < -0.4 is 47.7 Å². The number of carboxylic acid groups (broad SMARTS) is 1. The zero-order valence-corrected chi connectivity index (χ0v) is 70.9. The number of primary amides is 1. The number of hydrogen-bond acceptors (Lipinski definition) is 21. The number of carbonyl (C=O) groups is 11. The largest absolute Gasteiger partial charge is 0.481 e. The van der Waals surface area contributed by atoms with Gasteiger partial charge >= 0.3 is 30.3 Å². The molecule has 1 aliphatic rings. The fourth-order valence-corrected chi connectivity index (χ4v) is 13.6. The molecule has 4 rings (SSSR count). The number of nitrogens with zero attached hydrogens (tertiary/aromatic N) is 5. The maximum atomic E-state index is 14.9. The average Bonchev–Trinajstić information content (AvgIpc) is 1.21. The van der Waals surface area contributed by atoms with Gasteiger partial charge in [-0.25, -0.2) is 24.2 Å². The van der Waals surface area contributed by atoms with Gasteiger partial charge in [-0.3, -0.25) is 38.5 Å². The van der Waals surface area contributed by atoms with Crippen LogP contribution in [0.3, 0.4) is 0 Å². The summed E-state index contributed by atoms with van der Waals surface area (Å²) in [6.45, 7) is 27.7. The van der Waals surface area contributed by atoms with Gasteiger partial charge in [0.1, 0.15) is 53.9 Å². The van der Waals surface area contributed by atoms with Crippen molar-refractivity contribution < 1.29 is 91.4 Å². The second-order valence-corrected chi connectivity index (χ2v) is 32.6. The maximum absolute atomic E-state index is 14.9. The highest BCUT2D eigenvalue weighted by atomic mass is 32.1. The number of urea groups is 1. The van der Waals surface area contributed by atoms with E-state index in [-0.39, 0.29) is 137 Å². The van der Waals surface area contributed by atoms with Gasteiger partial charge in [-0.15, -0.1) is 11.3 Å². The SMILES string of the molecule is CCCOC(CC(C(C)C)N(CCC)C(=O)C(NC(=O)C1CCCCN1C)C(C)CC)c1nc(C(=O)NC(Cc2ccc(OC(=O)N(C)CCN(C)C(=O)OCc3ccc(NC(=O)C(CCCNC(N)=O)NC(=O)C(NC(=O)CCNC(=O)OCC(OC(C)C)OC(CO)CC(C)(C)C)C(C)C)cc3)cc2)CC(C)C(=O)O)cs1. The summed E-state index contributed by atoms with van der Waals surface area (Å²) in [6, 6.07) is 7.95. The van der Waals surface area contributed by atoms with Crippen LogP contribution in [0.4, 0.5) is 24.9 Å². The molecule has 0 radical (unpaired) electrons. The summed E-state index contributed by atoms with van der Waals surface area (Å²) in [5.41, 5.74) is 6.83. The minimum Gasteiger partial charge on any atom is -0.481 e. The van der Waals surface area contributed by atoms with E-state index in [1.807, 2.05) is 60.4 Å². The molecule has 11 N–H and O–H groups in total. The van der Waals surface area contributed by atoms with Crippen molar-refractivity contribution in [2.45, 2.75) is 248 Å². The molecule has 1 aromatic heterocycles. The molecular formula is C81H131N13O19S. The van der Waals surface area contributed by atoms with Gasteiger partial charge in [-0.2, -0.15) is 0 Å². The van der Waals surface area contributed by atoms with E-state index in [1.54, 1.807) is 88.5 Å². The number of carbonyl (C=O) groups excluding carboxylic acids is 10. The molecule has 1 saturated heterocycles. The van der Waals surface area contributed by atoms with Crippen LogP contribution in [-0.2, 0) is 65.5 Å². The Hall–Kier alpha value is -8.76. The molecule has 114 heavy (non-hydrogen) atoms. The molecule has 640 valence electrons. The summed E-state index contributed by atoms with van der Waals surface area (Å²) in [6.07, 6.45) is 1.40. The van der Waals surface area contributed by atoms with Crippen molar-refractivity contribution in [3.05, 3.63) is 75.7 Å².